The Labute approximate surface area is 152 Å². The van der Waals surface area contributed by atoms with Crippen LogP contribution < -0.4 is 14.8 Å². The lowest BCUT2D eigenvalue weighted by Crippen LogP contribution is -2.40. The number of aromatic nitrogens is 1. The van der Waals surface area contributed by atoms with E-state index in [-0.39, 0.29) is 12.0 Å². The van der Waals surface area contributed by atoms with Crippen molar-refractivity contribution in [1.82, 2.24) is 10.3 Å². The molecule has 2 heterocycles. The van der Waals surface area contributed by atoms with Gasteiger partial charge in [-0.2, -0.15) is 0 Å². The zero-order valence-electron chi connectivity index (χ0n) is 14.8. The second-order valence-electron chi connectivity index (χ2n) is 6.54. The Bertz CT molecular complexity index is 984. The smallest absolute Gasteiger partial charge is 0.252 e. The Hall–Kier alpha value is -3.08. The summed E-state index contributed by atoms with van der Waals surface area (Å²) in [6.45, 7) is 4.69. The first-order valence-electron chi connectivity index (χ1n) is 8.65. The summed E-state index contributed by atoms with van der Waals surface area (Å²) >= 11 is 0. The first kappa shape index (κ1) is 16.4. The molecule has 2 aromatic carbocycles. The Morgan fingerprint density at radius 2 is 1.96 bits per heavy atom. The van der Waals surface area contributed by atoms with E-state index in [9.17, 15) is 4.79 Å². The summed E-state index contributed by atoms with van der Waals surface area (Å²) in [5.74, 6) is 1.31. The number of fused-ring (bicyclic) bond motifs is 2. The third-order valence-corrected chi connectivity index (χ3v) is 4.39. The van der Waals surface area contributed by atoms with Crippen molar-refractivity contribution in [1.29, 1.82) is 0 Å². The van der Waals surface area contributed by atoms with Gasteiger partial charge in [0.05, 0.1) is 17.6 Å². The summed E-state index contributed by atoms with van der Waals surface area (Å²) in [6.07, 6.45) is -0.218. The molecule has 0 bridgehead atoms. The van der Waals surface area contributed by atoms with E-state index < -0.39 is 0 Å². The van der Waals surface area contributed by atoms with Crippen LogP contribution in [0.1, 0.15) is 21.6 Å². The van der Waals surface area contributed by atoms with Crippen molar-refractivity contribution in [3.05, 3.63) is 65.4 Å². The van der Waals surface area contributed by atoms with Gasteiger partial charge in [0.15, 0.2) is 11.5 Å². The quantitative estimate of drug-likeness (QED) is 0.788. The molecule has 0 fully saturated rings. The number of benzene rings is 2. The lowest BCUT2D eigenvalue weighted by Gasteiger charge is -2.26. The summed E-state index contributed by atoms with van der Waals surface area (Å²) in [5.41, 5.74) is 3.37. The van der Waals surface area contributed by atoms with E-state index in [2.05, 4.69) is 10.3 Å². The van der Waals surface area contributed by atoms with Gasteiger partial charge >= 0.3 is 0 Å². The van der Waals surface area contributed by atoms with Gasteiger partial charge in [-0.1, -0.05) is 23.8 Å². The third kappa shape index (κ3) is 3.20. The van der Waals surface area contributed by atoms with E-state index >= 15 is 0 Å². The third-order valence-electron chi connectivity index (χ3n) is 4.39. The molecule has 1 atom stereocenters. The highest BCUT2D eigenvalue weighted by Crippen LogP contribution is 2.30. The number of carbonyl (C=O) groups excluding carboxylic acids is 1. The maximum Gasteiger partial charge on any atom is 0.252 e. The molecule has 0 saturated carbocycles. The van der Waals surface area contributed by atoms with E-state index in [4.69, 9.17) is 9.47 Å². The maximum absolute atomic E-state index is 12.8. The normalized spacial score (nSPS) is 15.7. The topological polar surface area (TPSA) is 60.5 Å². The SMILES string of the molecule is Cc1ccc2nc(C)cc(C(=O)NCC3COc4ccccc4O3)c2c1. The number of hydrogen-bond acceptors (Lipinski definition) is 4. The van der Waals surface area contributed by atoms with Gasteiger partial charge in [0.2, 0.25) is 0 Å². The summed E-state index contributed by atoms with van der Waals surface area (Å²) < 4.78 is 11.6. The highest BCUT2D eigenvalue weighted by atomic mass is 16.6. The fraction of sp³-hybridized carbons (Fsp3) is 0.238. The largest absolute Gasteiger partial charge is 0.486 e. The molecule has 0 spiro atoms. The van der Waals surface area contributed by atoms with Crippen LogP contribution in [0.5, 0.6) is 11.5 Å². The van der Waals surface area contributed by atoms with Crippen molar-refractivity contribution in [2.75, 3.05) is 13.2 Å². The molecule has 1 N–H and O–H groups in total. The Morgan fingerprint density at radius 3 is 2.81 bits per heavy atom. The highest BCUT2D eigenvalue weighted by molar-refractivity contribution is 6.06. The fourth-order valence-corrected chi connectivity index (χ4v) is 3.13. The molecule has 0 radical (unpaired) electrons. The van der Waals surface area contributed by atoms with E-state index in [0.717, 1.165) is 27.9 Å². The average molecular weight is 348 g/mol. The van der Waals surface area contributed by atoms with Gasteiger partial charge in [-0.15, -0.1) is 0 Å². The molecule has 26 heavy (non-hydrogen) atoms. The minimum absolute atomic E-state index is 0.131. The van der Waals surface area contributed by atoms with Crippen LogP contribution in [0.4, 0.5) is 0 Å². The monoisotopic (exact) mass is 348 g/mol. The van der Waals surface area contributed by atoms with E-state index in [1.807, 2.05) is 62.4 Å². The van der Waals surface area contributed by atoms with Gasteiger partial charge < -0.3 is 14.8 Å². The number of amides is 1. The van der Waals surface area contributed by atoms with E-state index in [1.165, 1.54) is 0 Å². The van der Waals surface area contributed by atoms with Crippen molar-refractivity contribution in [3.63, 3.8) is 0 Å². The van der Waals surface area contributed by atoms with Crippen molar-refractivity contribution in [3.8, 4) is 11.5 Å². The van der Waals surface area contributed by atoms with Crippen LogP contribution in [-0.4, -0.2) is 30.1 Å². The predicted octanol–water partition coefficient (Wildman–Crippen LogP) is 3.42. The average Bonchev–Trinajstić information content (AvgIpc) is 2.65. The van der Waals surface area contributed by atoms with Crippen molar-refractivity contribution < 1.29 is 14.3 Å². The molecule has 1 aromatic heterocycles. The van der Waals surface area contributed by atoms with Crippen LogP contribution in [0.15, 0.2) is 48.5 Å². The lowest BCUT2D eigenvalue weighted by molar-refractivity contribution is 0.0790. The number of nitrogens with one attached hydrogen (secondary N) is 1. The van der Waals surface area contributed by atoms with Crippen molar-refractivity contribution in [2.24, 2.45) is 0 Å². The molecule has 3 aromatic rings. The van der Waals surface area contributed by atoms with Crippen LogP contribution in [0, 0.1) is 13.8 Å². The number of carbonyl (C=O) groups is 1. The molecule has 1 unspecified atom stereocenters. The fourth-order valence-electron chi connectivity index (χ4n) is 3.13. The zero-order valence-corrected chi connectivity index (χ0v) is 14.8. The highest BCUT2D eigenvalue weighted by Gasteiger charge is 2.22. The van der Waals surface area contributed by atoms with Gasteiger partial charge in [-0.25, -0.2) is 0 Å². The Kier molecular flexibility index (Phi) is 4.21. The zero-order chi connectivity index (χ0) is 18.1. The summed E-state index contributed by atoms with van der Waals surface area (Å²) in [4.78, 5) is 17.3. The molecule has 5 nitrogen and oxygen atoms in total. The molecule has 4 rings (SSSR count). The molecule has 1 aliphatic heterocycles. The molecule has 0 saturated heterocycles. The predicted molar refractivity (Wildman–Crippen MR) is 99.9 cm³/mol. The number of hydrogen-bond donors (Lipinski definition) is 1. The Morgan fingerprint density at radius 1 is 1.15 bits per heavy atom. The van der Waals surface area contributed by atoms with Crippen LogP contribution in [0.2, 0.25) is 0 Å². The van der Waals surface area contributed by atoms with Crippen LogP contribution in [0.25, 0.3) is 10.9 Å². The van der Waals surface area contributed by atoms with Crippen molar-refractivity contribution in [2.45, 2.75) is 20.0 Å². The summed E-state index contributed by atoms with van der Waals surface area (Å²) in [5, 5.41) is 3.83. The van der Waals surface area contributed by atoms with Crippen LogP contribution >= 0.6 is 0 Å². The first-order chi connectivity index (χ1) is 12.6. The number of pyridine rings is 1. The van der Waals surface area contributed by atoms with Gasteiger partial charge in [0.25, 0.3) is 5.91 Å². The second-order valence-corrected chi connectivity index (χ2v) is 6.54. The molecular formula is C21H20N2O3. The number of rotatable bonds is 3. The van der Waals surface area contributed by atoms with Gasteiger partial charge in [0.1, 0.15) is 12.7 Å². The van der Waals surface area contributed by atoms with Crippen molar-refractivity contribution >= 4 is 16.8 Å². The molecule has 1 amide bonds. The molecule has 1 aliphatic rings. The number of ether oxygens (including phenoxy) is 2. The van der Waals surface area contributed by atoms with Gasteiger partial charge in [-0.05, 0) is 44.2 Å². The minimum Gasteiger partial charge on any atom is -0.486 e. The molecule has 0 aliphatic carbocycles. The summed E-state index contributed by atoms with van der Waals surface area (Å²) in [6, 6.07) is 15.3. The van der Waals surface area contributed by atoms with Crippen LogP contribution in [0.3, 0.4) is 0 Å². The summed E-state index contributed by atoms with van der Waals surface area (Å²) in [7, 11) is 0. The number of para-hydroxylation sites is 2. The minimum atomic E-state index is -0.218. The lowest BCUT2D eigenvalue weighted by atomic mass is 10.0. The molecule has 5 heteroatoms. The van der Waals surface area contributed by atoms with Gasteiger partial charge in [0, 0.05) is 11.1 Å². The van der Waals surface area contributed by atoms with Gasteiger partial charge in [-0.3, -0.25) is 9.78 Å². The van der Waals surface area contributed by atoms with E-state index in [1.54, 1.807) is 0 Å². The standard InChI is InChI=1S/C21H20N2O3/c1-13-7-8-18-16(9-13)17(10-14(2)23-18)21(24)22-11-15-12-25-19-5-3-4-6-20(19)26-15/h3-10,15H,11-12H2,1-2H3,(H,22,24). The molecular weight excluding hydrogens is 328 g/mol. The number of nitrogens with zero attached hydrogens (tertiary/aromatic N) is 1. The van der Waals surface area contributed by atoms with E-state index in [0.29, 0.717) is 24.5 Å². The second kappa shape index (κ2) is 6.67. The van der Waals surface area contributed by atoms with Crippen LogP contribution in [-0.2, 0) is 0 Å². The number of aryl methyl sites for hydroxylation is 2. The molecule has 132 valence electrons. The maximum atomic E-state index is 12.8. The Balaban J connectivity index is 1.51. The first-order valence-corrected chi connectivity index (χ1v) is 8.65.